The molecule has 0 bridgehead atoms. The average Bonchev–Trinajstić information content (AvgIpc) is 2.97. The minimum atomic E-state index is -0.118. The van der Waals surface area contributed by atoms with Gasteiger partial charge in [0.15, 0.2) is 11.1 Å². The number of guanidine groups is 1. The quantitative estimate of drug-likeness (QED) is 0.363. The minimum absolute atomic E-state index is 0. The third kappa shape index (κ3) is 5.78. The Kier molecular flexibility index (Phi) is 8.75. The highest BCUT2D eigenvalue weighted by Gasteiger charge is 2.07. The van der Waals surface area contributed by atoms with Gasteiger partial charge in [-0.25, -0.2) is 9.97 Å². The van der Waals surface area contributed by atoms with Crippen LogP contribution in [0, 0.1) is 5.41 Å². The summed E-state index contributed by atoms with van der Waals surface area (Å²) in [5, 5.41) is 12.3. The number of hydrogen-bond acceptors (Lipinski definition) is 5. The average molecular weight is 352 g/mol. The highest BCUT2D eigenvalue weighted by atomic mass is 35.5. The number of nitrogens with two attached hydrogens (primary N) is 1. The van der Waals surface area contributed by atoms with Gasteiger partial charge in [0.25, 0.3) is 0 Å². The van der Waals surface area contributed by atoms with E-state index in [1.807, 2.05) is 16.3 Å². The van der Waals surface area contributed by atoms with E-state index in [0.717, 1.165) is 30.8 Å². The first kappa shape index (κ1) is 19.5. The lowest BCUT2D eigenvalue weighted by Crippen LogP contribution is -2.20. The maximum Gasteiger partial charge on any atom is 0.192 e. The van der Waals surface area contributed by atoms with Crippen LogP contribution < -0.4 is 16.5 Å². The van der Waals surface area contributed by atoms with Gasteiger partial charge in [0.2, 0.25) is 0 Å². The van der Waals surface area contributed by atoms with Crippen LogP contribution in [0.3, 0.4) is 0 Å². The zero-order valence-corrected chi connectivity index (χ0v) is 13.9. The van der Waals surface area contributed by atoms with Gasteiger partial charge in [-0.05, 0) is 6.42 Å². The molecule has 0 saturated carbocycles. The summed E-state index contributed by atoms with van der Waals surface area (Å²) in [4.78, 5) is 8.60. The van der Waals surface area contributed by atoms with E-state index in [-0.39, 0.29) is 30.8 Å². The first-order valence-electron chi connectivity index (χ1n) is 6.04. The summed E-state index contributed by atoms with van der Waals surface area (Å²) < 4.78 is 1.84. The Morgan fingerprint density at radius 2 is 2.19 bits per heavy atom. The molecule has 0 amide bonds. The Balaban J connectivity index is 0.00000200. The molecule has 118 valence electrons. The molecule has 0 aliphatic carbocycles. The van der Waals surface area contributed by atoms with Crippen LogP contribution in [0.1, 0.15) is 19.8 Å². The van der Waals surface area contributed by atoms with Crippen molar-refractivity contribution in [1.29, 1.82) is 5.41 Å². The SMILES string of the molecule is CCCCNn1cnc(-c2csc(NC(=N)N)n2)c1.Cl.Cl. The van der Waals surface area contributed by atoms with Crippen molar-refractivity contribution in [2.75, 3.05) is 17.3 Å². The van der Waals surface area contributed by atoms with Gasteiger partial charge < -0.3 is 16.5 Å². The molecule has 7 nitrogen and oxygen atoms in total. The van der Waals surface area contributed by atoms with E-state index in [1.54, 1.807) is 6.33 Å². The normalized spacial score (nSPS) is 9.38. The molecular weight excluding hydrogens is 333 g/mol. The van der Waals surface area contributed by atoms with Crippen LogP contribution >= 0.6 is 36.2 Å². The van der Waals surface area contributed by atoms with Crippen molar-refractivity contribution in [3.8, 4) is 11.4 Å². The number of rotatable bonds is 6. The Hall–Kier alpha value is -1.51. The molecule has 5 N–H and O–H groups in total. The van der Waals surface area contributed by atoms with E-state index in [0.29, 0.717) is 5.13 Å². The molecule has 2 rings (SSSR count). The number of aromatic nitrogens is 3. The summed E-state index contributed by atoms with van der Waals surface area (Å²) in [6, 6.07) is 0. The molecule has 2 aromatic heterocycles. The zero-order chi connectivity index (χ0) is 13.7. The summed E-state index contributed by atoms with van der Waals surface area (Å²) in [5.74, 6) is -0.118. The number of halogens is 2. The molecule has 0 atom stereocenters. The monoisotopic (exact) mass is 351 g/mol. The van der Waals surface area contributed by atoms with Crippen molar-refractivity contribution in [2.24, 2.45) is 5.73 Å². The molecular formula is C11H19Cl2N7S. The smallest absolute Gasteiger partial charge is 0.192 e. The van der Waals surface area contributed by atoms with Crippen LogP contribution in [0.25, 0.3) is 11.4 Å². The first-order chi connectivity index (χ1) is 9.19. The van der Waals surface area contributed by atoms with Crippen molar-refractivity contribution in [1.82, 2.24) is 14.6 Å². The molecule has 0 unspecified atom stereocenters. The topological polar surface area (TPSA) is 105 Å². The summed E-state index contributed by atoms with van der Waals surface area (Å²) >= 11 is 1.39. The maximum absolute atomic E-state index is 7.15. The van der Waals surface area contributed by atoms with Crippen LogP contribution in [0.4, 0.5) is 5.13 Å². The number of nitrogens with one attached hydrogen (secondary N) is 3. The zero-order valence-electron chi connectivity index (χ0n) is 11.5. The molecule has 0 fully saturated rings. The Labute approximate surface area is 139 Å². The molecule has 2 heterocycles. The van der Waals surface area contributed by atoms with Crippen molar-refractivity contribution in [2.45, 2.75) is 19.8 Å². The van der Waals surface area contributed by atoms with Gasteiger partial charge in [0.05, 0.1) is 6.20 Å². The fraction of sp³-hybridized carbons (Fsp3) is 0.364. The third-order valence-corrected chi connectivity index (χ3v) is 3.17. The molecule has 0 aromatic carbocycles. The van der Waals surface area contributed by atoms with Crippen molar-refractivity contribution in [3.63, 3.8) is 0 Å². The van der Waals surface area contributed by atoms with Gasteiger partial charge in [0.1, 0.15) is 17.7 Å². The number of hydrogen-bond donors (Lipinski definition) is 4. The van der Waals surface area contributed by atoms with E-state index in [9.17, 15) is 0 Å². The highest BCUT2D eigenvalue weighted by molar-refractivity contribution is 7.14. The highest BCUT2D eigenvalue weighted by Crippen LogP contribution is 2.22. The fourth-order valence-electron chi connectivity index (χ4n) is 1.49. The second-order valence-electron chi connectivity index (χ2n) is 4.00. The number of nitrogens with zero attached hydrogens (tertiary/aromatic N) is 3. The lowest BCUT2D eigenvalue weighted by molar-refractivity contribution is 0.752. The Morgan fingerprint density at radius 3 is 2.86 bits per heavy atom. The van der Waals surface area contributed by atoms with Crippen molar-refractivity contribution < 1.29 is 0 Å². The number of thiazole rings is 1. The first-order valence-corrected chi connectivity index (χ1v) is 6.92. The van der Waals surface area contributed by atoms with E-state index < -0.39 is 0 Å². The minimum Gasteiger partial charge on any atom is -0.370 e. The van der Waals surface area contributed by atoms with E-state index >= 15 is 0 Å². The molecule has 0 radical (unpaired) electrons. The van der Waals surface area contributed by atoms with Gasteiger partial charge in [0, 0.05) is 11.9 Å². The molecule has 21 heavy (non-hydrogen) atoms. The number of imidazole rings is 1. The number of unbranched alkanes of at least 4 members (excludes halogenated alkanes) is 1. The predicted molar refractivity (Wildman–Crippen MR) is 92.5 cm³/mol. The molecule has 2 aromatic rings. The largest absolute Gasteiger partial charge is 0.370 e. The van der Waals surface area contributed by atoms with Gasteiger partial charge in [-0.3, -0.25) is 10.1 Å². The van der Waals surface area contributed by atoms with Crippen molar-refractivity contribution in [3.05, 3.63) is 17.9 Å². The molecule has 0 aliphatic rings. The molecule has 0 saturated heterocycles. The van der Waals surface area contributed by atoms with Gasteiger partial charge in [-0.1, -0.05) is 13.3 Å². The Morgan fingerprint density at radius 1 is 1.43 bits per heavy atom. The van der Waals surface area contributed by atoms with Crippen molar-refractivity contribution >= 4 is 47.2 Å². The lowest BCUT2D eigenvalue weighted by atomic mass is 10.3. The third-order valence-electron chi connectivity index (χ3n) is 2.42. The van der Waals surface area contributed by atoms with Crippen LogP contribution in [0.5, 0.6) is 0 Å². The van der Waals surface area contributed by atoms with E-state index in [1.165, 1.54) is 11.3 Å². The lowest BCUT2D eigenvalue weighted by Gasteiger charge is -2.04. The summed E-state index contributed by atoms with van der Waals surface area (Å²) in [5.41, 5.74) is 10.0. The maximum atomic E-state index is 7.15. The van der Waals surface area contributed by atoms with Crippen LogP contribution in [0.2, 0.25) is 0 Å². The number of anilines is 1. The molecule has 10 heteroatoms. The molecule has 0 aliphatic heterocycles. The van der Waals surface area contributed by atoms with E-state index in [4.69, 9.17) is 11.1 Å². The Bertz CT molecular complexity index is 554. The van der Waals surface area contributed by atoms with E-state index in [2.05, 4.69) is 27.6 Å². The molecule has 0 spiro atoms. The second kappa shape index (κ2) is 9.43. The summed E-state index contributed by atoms with van der Waals surface area (Å²) in [6.45, 7) is 3.07. The predicted octanol–water partition coefficient (Wildman–Crippen LogP) is 2.50. The summed E-state index contributed by atoms with van der Waals surface area (Å²) in [7, 11) is 0. The second-order valence-corrected chi connectivity index (χ2v) is 4.86. The summed E-state index contributed by atoms with van der Waals surface area (Å²) in [6.07, 6.45) is 5.89. The van der Waals surface area contributed by atoms with Crippen LogP contribution in [-0.4, -0.2) is 27.1 Å². The van der Waals surface area contributed by atoms with Crippen LogP contribution in [-0.2, 0) is 0 Å². The van der Waals surface area contributed by atoms with Gasteiger partial charge in [-0.15, -0.1) is 36.2 Å². The van der Waals surface area contributed by atoms with Crippen LogP contribution in [0.15, 0.2) is 17.9 Å². The fourth-order valence-corrected chi connectivity index (χ4v) is 2.21. The van der Waals surface area contributed by atoms with Gasteiger partial charge >= 0.3 is 0 Å². The standard InChI is InChI=1S/C11H17N7S.2ClH/c1-2-3-4-15-18-5-8(14-7-18)9-6-19-11(16-9)17-10(12)13;;/h5-7,15H,2-4H2,1H3,(H4,12,13,16,17);2*1H. The van der Waals surface area contributed by atoms with Gasteiger partial charge in [-0.2, -0.15) is 0 Å².